The molecule has 0 bridgehead atoms. The number of carbonyl (C=O) groups excluding carboxylic acids is 1. The van der Waals surface area contributed by atoms with Gasteiger partial charge in [-0.1, -0.05) is 31.7 Å². The maximum Gasteiger partial charge on any atom is 0.159 e. The molecule has 4 rings (SSSR count). The molecule has 1 aromatic carbocycles. The highest BCUT2D eigenvalue weighted by Crippen LogP contribution is 2.60. The Labute approximate surface area is 125 Å². The van der Waals surface area contributed by atoms with Gasteiger partial charge in [-0.3, -0.25) is 4.79 Å². The number of ketones is 1. The zero-order valence-corrected chi connectivity index (χ0v) is 12.3. The van der Waals surface area contributed by atoms with Crippen molar-refractivity contribution in [1.29, 1.82) is 0 Å². The number of phenols is 1. The zero-order valence-electron chi connectivity index (χ0n) is 12.3. The first-order valence-corrected chi connectivity index (χ1v) is 7.74. The standard InChI is InChI=1S/C19H20O2/c1-11-18(21)10-17-16-5-3-12-9-13(20)4-6-14(12)15(16)7-8-19(11,17)2/h3-6,9,15-17,20H,1,7-8,10H2,2H3/t15-,16-,17+,19-/m1/s1. The summed E-state index contributed by atoms with van der Waals surface area (Å²) in [4.78, 5) is 12.2. The van der Waals surface area contributed by atoms with Crippen LogP contribution in [0.1, 0.15) is 43.2 Å². The van der Waals surface area contributed by atoms with Crippen LogP contribution in [0.15, 0.2) is 36.4 Å². The lowest BCUT2D eigenvalue weighted by Crippen LogP contribution is -2.38. The minimum absolute atomic E-state index is 0.0169. The molecule has 0 unspecified atom stereocenters. The lowest BCUT2D eigenvalue weighted by Gasteiger charge is -2.47. The summed E-state index contributed by atoms with van der Waals surface area (Å²) in [6.45, 7) is 6.30. The Morgan fingerprint density at radius 2 is 2.19 bits per heavy atom. The largest absolute Gasteiger partial charge is 0.508 e. The molecule has 2 nitrogen and oxygen atoms in total. The van der Waals surface area contributed by atoms with Crippen LogP contribution in [0.5, 0.6) is 5.75 Å². The molecule has 0 saturated heterocycles. The van der Waals surface area contributed by atoms with Crippen molar-refractivity contribution in [3.8, 4) is 5.75 Å². The SMILES string of the molecule is C=C1C(=O)C[C@H]2[C@@H]3C=Cc4cc(O)ccc4[C@H]3CC[C@]12C. The molecule has 21 heavy (non-hydrogen) atoms. The number of aromatic hydroxyl groups is 1. The number of fused-ring (bicyclic) bond motifs is 5. The van der Waals surface area contributed by atoms with E-state index in [1.807, 2.05) is 6.07 Å². The number of hydrogen-bond donors (Lipinski definition) is 1. The Bertz CT molecular complexity index is 685. The fourth-order valence-electron chi connectivity index (χ4n) is 4.81. The Morgan fingerprint density at radius 1 is 1.38 bits per heavy atom. The molecular formula is C19H20O2. The topological polar surface area (TPSA) is 37.3 Å². The molecule has 2 saturated carbocycles. The average molecular weight is 280 g/mol. The number of allylic oxidation sites excluding steroid dienone is 2. The van der Waals surface area contributed by atoms with Crippen molar-refractivity contribution in [2.75, 3.05) is 0 Å². The lowest BCUT2D eigenvalue weighted by atomic mass is 9.57. The Hall–Kier alpha value is -1.83. The minimum atomic E-state index is -0.0169. The number of Topliss-reactive ketones (excluding diaryl/α,β-unsaturated/α-hetero) is 1. The van der Waals surface area contributed by atoms with Gasteiger partial charge in [-0.05, 0) is 64.8 Å². The van der Waals surface area contributed by atoms with Gasteiger partial charge in [0, 0.05) is 6.42 Å². The van der Waals surface area contributed by atoms with E-state index in [0.29, 0.717) is 29.9 Å². The van der Waals surface area contributed by atoms with Crippen molar-refractivity contribution in [1.82, 2.24) is 0 Å². The van der Waals surface area contributed by atoms with Crippen LogP contribution in [0.25, 0.3) is 6.08 Å². The molecule has 3 aliphatic carbocycles. The van der Waals surface area contributed by atoms with Crippen molar-refractivity contribution in [2.24, 2.45) is 17.3 Å². The summed E-state index contributed by atoms with van der Waals surface area (Å²) >= 11 is 0. The summed E-state index contributed by atoms with van der Waals surface area (Å²) in [5, 5.41) is 9.65. The molecule has 2 heteroatoms. The van der Waals surface area contributed by atoms with Crippen molar-refractivity contribution < 1.29 is 9.90 Å². The second kappa shape index (κ2) is 4.09. The van der Waals surface area contributed by atoms with Gasteiger partial charge in [0.25, 0.3) is 0 Å². The van der Waals surface area contributed by atoms with Crippen molar-refractivity contribution in [3.63, 3.8) is 0 Å². The number of hydrogen-bond acceptors (Lipinski definition) is 2. The van der Waals surface area contributed by atoms with E-state index in [2.05, 4.69) is 31.7 Å². The zero-order chi connectivity index (χ0) is 14.8. The lowest BCUT2D eigenvalue weighted by molar-refractivity contribution is -0.115. The van der Waals surface area contributed by atoms with Crippen LogP contribution in [0, 0.1) is 17.3 Å². The monoisotopic (exact) mass is 280 g/mol. The van der Waals surface area contributed by atoms with Crippen LogP contribution in [-0.2, 0) is 4.79 Å². The normalized spacial score (nSPS) is 37.1. The maximum absolute atomic E-state index is 12.2. The first-order chi connectivity index (χ1) is 10.0. The Kier molecular flexibility index (Phi) is 2.51. The van der Waals surface area contributed by atoms with E-state index in [4.69, 9.17) is 0 Å². The van der Waals surface area contributed by atoms with Gasteiger partial charge >= 0.3 is 0 Å². The molecule has 2 fully saturated rings. The smallest absolute Gasteiger partial charge is 0.159 e. The van der Waals surface area contributed by atoms with Crippen molar-refractivity contribution in [3.05, 3.63) is 47.6 Å². The van der Waals surface area contributed by atoms with Crippen LogP contribution >= 0.6 is 0 Å². The van der Waals surface area contributed by atoms with E-state index in [1.165, 1.54) is 5.56 Å². The maximum atomic E-state index is 12.2. The highest BCUT2D eigenvalue weighted by atomic mass is 16.3. The molecule has 4 atom stereocenters. The summed E-state index contributed by atoms with van der Waals surface area (Å²) in [6.07, 6.45) is 7.16. The average Bonchev–Trinajstić information content (AvgIpc) is 2.70. The second-order valence-corrected chi connectivity index (χ2v) is 7.02. The summed E-state index contributed by atoms with van der Waals surface area (Å²) in [5.74, 6) is 1.86. The quantitative estimate of drug-likeness (QED) is 0.727. The summed E-state index contributed by atoms with van der Waals surface area (Å²) < 4.78 is 0. The van der Waals surface area contributed by atoms with E-state index < -0.39 is 0 Å². The van der Waals surface area contributed by atoms with E-state index in [-0.39, 0.29) is 11.2 Å². The highest BCUT2D eigenvalue weighted by Gasteiger charge is 2.54. The van der Waals surface area contributed by atoms with Gasteiger partial charge in [-0.15, -0.1) is 0 Å². The number of rotatable bonds is 0. The fraction of sp³-hybridized carbons (Fsp3) is 0.421. The minimum Gasteiger partial charge on any atom is -0.508 e. The molecule has 0 amide bonds. The predicted molar refractivity (Wildman–Crippen MR) is 83.0 cm³/mol. The summed E-state index contributed by atoms with van der Waals surface area (Å²) in [7, 11) is 0. The summed E-state index contributed by atoms with van der Waals surface area (Å²) in [6, 6.07) is 5.68. The molecule has 108 valence electrons. The van der Waals surface area contributed by atoms with Gasteiger partial charge < -0.3 is 5.11 Å². The molecule has 0 heterocycles. The molecule has 1 N–H and O–H groups in total. The number of phenolic OH excluding ortho intramolecular Hbond substituents is 1. The van der Waals surface area contributed by atoms with Crippen molar-refractivity contribution in [2.45, 2.75) is 32.1 Å². The van der Waals surface area contributed by atoms with E-state index in [9.17, 15) is 9.90 Å². The molecule has 3 aliphatic rings. The third-order valence-electron chi connectivity index (χ3n) is 6.12. The van der Waals surface area contributed by atoms with E-state index in [1.54, 1.807) is 6.07 Å². The van der Waals surface area contributed by atoms with Crippen molar-refractivity contribution >= 4 is 11.9 Å². The van der Waals surface area contributed by atoms with Crippen LogP contribution in [-0.4, -0.2) is 10.9 Å². The van der Waals surface area contributed by atoms with Crippen LogP contribution in [0.4, 0.5) is 0 Å². The van der Waals surface area contributed by atoms with E-state index in [0.717, 1.165) is 24.0 Å². The van der Waals surface area contributed by atoms with Gasteiger partial charge in [0.15, 0.2) is 5.78 Å². The Morgan fingerprint density at radius 3 is 3.00 bits per heavy atom. The first-order valence-electron chi connectivity index (χ1n) is 7.74. The molecule has 0 spiro atoms. The van der Waals surface area contributed by atoms with Crippen LogP contribution < -0.4 is 0 Å². The van der Waals surface area contributed by atoms with Gasteiger partial charge in [0.1, 0.15) is 5.75 Å². The third-order valence-corrected chi connectivity index (χ3v) is 6.12. The van der Waals surface area contributed by atoms with Gasteiger partial charge in [-0.25, -0.2) is 0 Å². The molecule has 0 aliphatic heterocycles. The first kappa shape index (κ1) is 12.9. The van der Waals surface area contributed by atoms with Crippen LogP contribution in [0.3, 0.4) is 0 Å². The van der Waals surface area contributed by atoms with Gasteiger partial charge in [0.2, 0.25) is 0 Å². The molecule has 0 aromatic heterocycles. The molecule has 0 radical (unpaired) electrons. The summed E-state index contributed by atoms with van der Waals surface area (Å²) in [5.41, 5.74) is 3.28. The Balaban J connectivity index is 1.78. The van der Waals surface area contributed by atoms with Gasteiger partial charge in [-0.2, -0.15) is 0 Å². The fourth-order valence-corrected chi connectivity index (χ4v) is 4.81. The second-order valence-electron chi connectivity index (χ2n) is 7.02. The van der Waals surface area contributed by atoms with Gasteiger partial charge in [0.05, 0.1) is 0 Å². The molecular weight excluding hydrogens is 260 g/mol. The molecule has 1 aromatic rings. The number of carbonyl (C=O) groups is 1. The van der Waals surface area contributed by atoms with E-state index >= 15 is 0 Å². The highest BCUT2D eigenvalue weighted by molar-refractivity contribution is 5.99. The predicted octanol–water partition coefficient (Wildman–Crippen LogP) is 4.06. The van der Waals surface area contributed by atoms with Crippen LogP contribution in [0.2, 0.25) is 0 Å². The number of benzene rings is 1. The third kappa shape index (κ3) is 1.62.